The first kappa shape index (κ1) is 19.4. The van der Waals surface area contributed by atoms with Gasteiger partial charge >= 0.3 is 0 Å². The van der Waals surface area contributed by atoms with Crippen molar-refractivity contribution in [3.05, 3.63) is 99.3 Å². The molecule has 0 saturated heterocycles. The van der Waals surface area contributed by atoms with E-state index >= 15 is 0 Å². The summed E-state index contributed by atoms with van der Waals surface area (Å²) < 4.78 is 14.1. The predicted molar refractivity (Wildman–Crippen MR) is 111 cm³/mol. The molecular weight excluding hydrogens is 414 g/mol. The Morgan fingerprint density at radius 3 is 2.55 bits per heavy atom. The quantitative estimate of drug-likeness (QED) is 0.600. The van der Waals surface area contributed by atoms with Crippen molar-refractivity contribution >= 4 is 40.7 Å². The van der Waals surface area contributed by atoms with E-state index in [0.717, 1.165) is 5.56 Å². The number of rotatable bonds is 2. The highest BCUT2D eigenvalue weighted by Gasteiger charge is 2.34. The lowest BCUT2D eigenvalue weighted by atomic mass is 9.95. The van der Waals surface area contributed by atoms with Gasteiger partial charge in [0.1, 0.15) is 12.4 Å². The van der Waals surface area contributed by atoms with Crippen LogP contribution in [0.2, 0.25) is 10.0 Å². The Labute approximate surface area is 176 Å². The molecule has 1 atom stereocenters. The molecule has 1 heterocycles. The van der Waals surface area contributed by atoms with Crippen LogP contribution in [0.15, 0.2) is 66.7 Å². The zero-order valence-electron chi connectivity index (χ0n) is 15.0. The van der Waals surface area contributed by atoms with Crippen LogP contribution in [0.1, 0.15) is 27.5 Å². The zero-order chi connectivity index (χ0) is 20.5. The maximum atomic E-state index is 14.1. The number of carbonyl (C=O) groups excluding carboxylic acids is 2. The maximum Gasteiger partial charge on any atom is 0.256 e. The summed E-state index contributed by atoms with van der Waals surface area (Å²) in [6.07, 6.45) is 0. The second-order valence-corrected chi connectivity index (χ2v) is 7.49. The lowest BCUT2D eigenvalue weighted by Crippen LogP contribution is -2.39. The molecule has 3 aromatic carbocycles. The number of amides is 2. The van der Waals surface area contributed by atoms with Crippen LogP contribution in [-0.4, -0.2) is 23.3 Å². The molecule has 0 spiro atoms. The van der Waals surface area contributed by atoms with E-state index in [1.807, 2.05) is 30.3 Å². The normalized spacial score (nSPS) is 16.0. The number of anilines is 1. The average molecular weight is 429 g/mol. The zero-order valence-corrected chi connectivity index (χ0v) is 16.5. The monoisotopic (exact) mass is 428 g/mol. The number of nitrogens with zero attached hydrogens (tertiary/aromatic N) is 1. The minimum Gasteiger partial charge on any atom is -0.324 e. The number of nitrogens with one attached hydrogen (secondary N) is 1. The summed E-state index contributed by atoms with van der Waals surface area (Å²) in [6.45, 7) is -0.225. The Morgan fingerprint density at radius 1 is 1.03 bits per heavy atom. The lowest BCUT2D eigenvalue weighted by Gasteiger charge is -2.31. The molecule has 1 aliphatic heterocycles. The largest absolute Gasteiger partial charge is 0.324 e. The third-order valence-corrected chi connectivity index (χ3v) is 5.31. The summed E-state index contributed by atoms with van der Waals surface area (Å²) >= 11 is 12.3. The third-order valence-electron chi connectivity index (χ3n) is 4.74. The molecule has 0 aromatic heterocycles. The molecule has 7 heteroatoms. The van der Waals surface area contributed by atoms with E-state index in [9.17, 15) is 14.0 Å². The molecule has 1 aliphatic rings. The Kier molecular flexibility index (Phi) is 5.26. The van der Waals surface area contributed by atoms with Gasteiger partial charge in [-0.15, -0.1) is 0 Å². The maximum absolute atomic E-state index is 14.1. The van der Waals surface area contributed by atoms with Crippen LogP contribution in [0.4, 0.5) is 10.1 Å². The van der Waals surface area contributed by atoms with Crippen molar-refractivity contribution in [2.24, 2.45) is 0 Å². The van der Waals surface area contributed by atoms with Crippen molar-refractivity contribution in [2.75, 3.05) is 11.9 Å². The van der Waals surface area contributed by atoms with Crippen LogP contribution in [0.25, 0.3) is 0 Å². The third kappa shape index (κ3) is 3.84. The summed E-state index contributed by atoms with van der Waals surface area (Å²) in [5.74, 6) is -1.32. The van der Waals surface area contributed by atoms with Crippen LogP contribution in [0.5, 0.6) is 0 Å². The number of fused-ring (bicyclic) bond motifs is 1. The van der Waals surface area contributed by atoms with Crippen LogP contribution in [0.3, 0.4) is 0 Å². The van der Waals surface area contributed by atoms with E-state index in [-0.39, 0.29) is 23.0 Å². The van der Waals surface area contributed by atoms with Gasteiger partial charge < -0.3 is 10.2 Å². The van der Waals surface area contributed by atoms with Gasteiger partial charge in [0, 0.05) is 16.3 Å². The molecule has 0 unspecified atom stereocenters. The van der Waals surface area contributed by atoms with Gasteiger partial charge in [0.25, 0.3) is 5.91 Å². The first-order valence-electron chi connectivity index (χ1n) is 8.84. The fraction of sp³-hybridized carbons (Fsp3) is 0.0909. The van der Waals surface area contributed by atoms with E-state index in [1.165, 1.54) is 35.2 Å². The van der Waals surface area contributed by atoms with Gasteiger partial charge in [0.15, 0.2) is 0 Å². The van der Waals surface area contributed by atoms with E-state index in [4.69, 9.17) is 23.2 Å². The second-order valence-electron chi connectivity index (χ2n) is 6.65. The lowest BCUT2D eigenvalue weighted by molar-refractivity contribution is -0.117. The van der Waals surface area contributed by atoms with E-state index in [2.05, 4.69) is 5.32 Å². The highest BCUT2D eigenvalue weighted by molar-refractivity contribution is 6.35. The van der Waals surface area contributed by atoms with Crippen LogP contribution in [-0.2, 0) is 4.79 Å². The summed E-state index contributed by atoms with van der Waals surface area (Å²) in [5.41, 5.74) is 1.85. The van der Waals surface area contributed by atoms with Crippen molar-refractivity contribution in [1.29, 1.82) is 0 Å². The van der Waals surface area contributed by atoms with Crippen LogP contribution in [0, 0.1) is 5.82 Å². The smallest absolute Gasteiger partial charge is 0.256 e. The SMILES string of the molecule is O=C1CN(C(=O)c2cc(Cl)ccc2Cl)[C@H](c2ccccc2)c2cc(F)ccc2N1. The van der Waals surface area contributed by atoms with Gasteiger partial charge in [0.2, 0.25) is 5.91 Å². The fourth-order valence-electron chi connectivity index (χ4n) is 3.48. The number of hydrogen-bond acceptors (Lipinski definition) is 2. The molecule has 0 aliphatic carbocycles. The Bertz CT molecular complexity index is 1110. The second kappa shape index (κ2) is 7.85. The Morgan fingerprint density at radius 2 is 1.79 bits per heavy atom. The van der Waals surface area contributed by atoms with Crippen molar-refractivity contribution in [3.63, 3.8) is 0 Å². The molecule has 4 nitrogen and oxygen atoms in total. The Balaban J connectivity index is 1.91. The van der Waals surface area contributed by atoms with Crippen molar-refractivity contribution in [1.82, 2.24) is 4.90 Å². The molecule has 0 saturated carbocycles. The minimum atomic E-state index is -0.691. The van der Waals surface area contributed by atoms with E-state index in [0.29, 0.717) is 16.3 Å². The van der Waals surface area contributed by atoms with Crippen molar-refractivity contribution in [2.45, 2.75) is 6.04 Å². The van der Waals surface area contributed by atoms with Gasteiger partial charge in [-0.2, -0.15) is 0 Å². The summed E-state index contributed by atoms with van der Waals surface area (Å²) in [7, 11) is 0. The first-order valence-corrected chi connectivity index (χ1v) is 9.60. The fourth-order valence-corrected chi connectivity index (χ4v) is 3.85. The summed E-state index contributed by atoms with van der Waals surface area (Å²) in [6, 6.07) is 17.1. The standard InChI is InChI=1S/C22H15Cl2FN2O2/c23-14-6-8-18(24)16(10-14)22(29)27-12-20(28)26-19-9-7-15(25)11-17(19)21(27)13-4-2-1-3-5-13/h1-11,21H,12H2,(H,26,28)/t21-/m1/s1. The van der Waals surface area contributed by atoms with Crippen LogP contribution < -0.4 is 5.32 Å². The highest BCUT2D eigenvalue weighted by Crippen LogP contribution is 2.37. The molecule has 0 fully saturated rings. The summed E-state index contributed by atoms with van der Waals surface area (Å²) in [5, 5.41) is 3.32. The predicted octanol–water partition coefficient (Wildman–Crippen LogP) is 5.32. The van der Waals surface area contributed by atoms with Gasteiger partial charge in [-0.3, -0.25) is 9.59 Å². The highest BCUT2D eigenvalue weighted by atomic mass is 35.5. The number of carbonyl (C=O) groups is 2. The first-order chi connectivity index (χ1) is 13.9. The number of hydrogen-bond donors (Lipinski definition) is 1. The molecule has 29 heavy (non-hydrogen) atoms. The molecule has 4 rings (SSSR count). The molecule has 0 radical (unpaired) electrons. The summed E-state index contributed by atoms with van der Waals surface area (Å²) in [4.78, 5) is 27.4. The van der Waals surface area contributed by atoms with E-state index in [1.54, 1.807) is 6.07 Å². The number of halogens is 3. The topological polar surface area (TPSA) is 49.4 Å². The Hall–Kier alpha value is -2.89. The molecular formula is C22H15Cl2FN2O2. The van der Waals surface area contributed by atoms with Crippen molar-refractivity contribution < 1.29 is 14.0 Å². The van der Waals surface area contributed by atoms with Crippen molar-refractivity contribution in [3.8, 4) is 0 Å². The van der Waals surface area contributed by atoms with Gasteiger partial charge in [-0.1, -0.05) is 53.5 Å². The average Bonchev–Trinajstić information content (AvgIpc) is 2.85. The van der Waals surface area contributed by atoms with Gasteiger partial charge in [-0.05, 0) is 42.0 Å². The van der Waals surface area contributed by atoms with Crippen LogP contribution >= 0.6 is 23.2 Å². The molecule has 1 N–H and O–H groups in total. The molecule has 0 bridgehead atoms. The minimum absolute atomic E-state index is 0.174. The molecule has 146 valence electrons. The van der Waals surface area contributed by atoms with Gasteiger partial charge in [-0.25, -0.2) is 4.39 Å². The molecule has 2 amide bonds. The molecule has 3 aromatic rings. The van der Waals surface area contributed by atoms with E-state index < -0.39 is 17.8 Å². The van der Waals surface area contributed by atoms with Gasteiger partial charge in [0.05, 0.1) is 16.6 Å². The number of benzene rings is 3.